The molecule has 6 heteroatoms. The zero-order valence-electron chi connectivity index (χ0n) is 8.98. The average Bonchev–Trinajstić information content (AvgIpc) is 2.33. The van der Waals surface area contributed by atoms with E-state index in [1.54, 1.807) is 24.3 Å². The third-order valence-electron chi connectivity index (χ3n) is 2.65. The average molecular weight is 236 g/mol. The normalized spacial score (nSPS) is 20.9. The minimum absolute atomic E-state index is 0.166. The fraction of sp³-hybridized carbons (Fsp3) is 0.273. The van der Waals surface area contributed by atoms with Crippen molar-refractivity contribution < 1.29 is 20.0 Å². The number of rotatable bonds is 2. The highest BCUT2D eigenvalue weighted by molar-refractivity contribution is 5.93. The van der Waals surface area contributed by atoms with Crippen molar-refractivity contribution in [1.29, 1.82) is 0 Å². The molecule has 1 unspecified atom stereocenters. The quantitative estimate of drug-likeness (QED) is 0.711. The predicted octanol–water partition coefficient (Wildman–Crippen LogP) is 0.0469. The fourth-order valence-electron chi connectivity index (χ4n) is 1.74. The van der Waals surface area contributed by atoms with Gasteiger partial charge in [-0.25, -0.2) is 10.1 Å². The van der Waals surface area contributed by atoms with Gasteiger partial charge in [0.1, 0.15) is 12.6 Å². The molecule has 90 valence electrons. The standard InChI is InChI=1S/C11H12N2O4/c14-10-7-12(16)11(15)9(13(10)17)6-8-4-2-1-3-5-8/h1-5,9,16-17H,6-7H2. The maximum atomic E-state index is 11.6. The van der Waals surface area contributed by atoms with Gasteiger partial charge in [-0.05, 0) is 5.56 Å². The number of nitrogens with zero attached hydrogens (tertiary/aromatic N) is 2. The number of carbonyl (C=O) groups excluding carboxylic acids is 2. The molecule has 0 aromatic heterocycles. The zero-order chi connectivity index (χ0) is 12.4. The second-order valence-electron chi connectivity index (χ2n) is 3.84. The van der Waals surface area contributed by atoms with Crippen LogP contribution >= 0.6 is 0 Å². The number of hydrogen-bond acceptors (Lipinski definition) is 4. The zero-order valence-corrected chi connectivity index (χ0v) is 8.98. The van der Waals surface area contributed by atoms with Crippen LogP contribution in [0.2, 0.25) is 0 Å². The van der Waals surface area contributed by atoms with Crippen LogP contribution in [0.1, 0.15) is 5.56 Å². The highest BCUT2D eigenvalue weighted by atomic mass is 16.5. The first-order valence-corrected chi connectivity index (χ1v) is 5.14. The number of hydrogen-bond donors (Lipinski definition) is 2. The van der Waals surface area contributed by atoms with Gasteiger partial charge >= 0.3 is 0 Å². The summed E-state index contributed by atoms with van der Waals surface area (Å²) in [6.45, 7) is -0.513. The molecule has 1 aliphatic heterocycles. The van der Waals surface area contributed by atoms with E-state index in [9.17, 15) is 20.0 Å². The van der Waals surface area contributed by atoms with Crippen molar-refractivity contribution in [2.24, 2.45) is 0 Å². The van der Waals surface area contributed by atoms with Gasteiger partial charge < -0.3 is 0 Å². The first kappa shape index (κ1) is 11.6. The molecule has 17 heavy (non-hydrogen) atoms. The predicted molar refractivity (Wildman–Crippen MR) is 56.1 cm³/mol. The maximum absolute atomic E-state index is 11.6. The summed E-state index contributed by atoms with van der Waals surface area (Å²) in [6.07, 6.45) is 0.166. The molecule has 0 bridgehead atoms. The van der Waals surface area contributed by atoms with E-state index in [1.165, 1.54) is 0 Å². The molecule has 1 aromatic rings. The molecule has 1 heterocycles. The Morgan fingerprint density at radius 3 is 2.47 bits per heavy atom. The molecule has 2 rings (SSSR count). The number of amides is 2. The van der Waals surface area contributed by atoms with Gasteiger partial charge in [0, 0.05) is 6.42 Å². The molecule has 1 fully saturated rings. The number of carbonyl (C=O) groups is 2. The summed E-state index contributed by atoms with van der Waals surface area (Å²) in [5, 5.41) is 19.5. The molecule has 2 N–H and O–H groups in total. The van der Waals surface area contributed by atoms with Crippen molar-refractivity contribution in [3.05, 3.63) is 35.9 Å². The van der Waals surface area contributed by atoms with E-state index in [4.69, 9.17) is 0 Å². The second kappa shape index (κ2) is 4.52. The summed E-state index contributed by atoms with van der Waals surface area (Å²) in [5.74, 6) is -1.39. The largest absolute Gasteiger partial charge is 0.285 e. The third kappa shape index (κ3) is 2.27. The molecular weight excluding hydrogens is 224 g/mol. The summed E-state index contributed by atoms with van der Waals surface area (Å²) < 4.78 is 0. The van der Waals surface area contributed by atoms with Gasteiger partial charge in [0.15, 0.2) is 0 Å². The van der Waals surface area contributed by atoms with E-state index in [0.29, 0.717) is 10.1 Å². The van der Waals surface area contributed by atoms with Gasteiger partial charge in [-0.2, -0.15) is 0 Å². The van der Waals surface area contributed by atoms with Gasteiger partial charge in [0.05, 0.1) is 0 Å². The number of hydroxylamine groups is 4. The number of piperazine rings is 1. The minimum Gasteiger partial charge on any atom is -0.285 e. The Balaban J connectivity index is 2.18. The van der Waals surface area contributed by atoms with Crippen molar-refractivity contribution >= 4 is 11.8 Å². The Bertz CT molecular complexity index is 434. The molecule has 0 spiro atoms. The molecular formula is C11H12N2O4. The lowest BCUT2D eigenvalue weighted by atomic mass is 10.0. The van der Waals surface area contributed by atoms with Crippen molar-refractivity contribution in [3.8, 4) is 0 Å². The van der Waals surface area contributed by atoms with Crippen molar-refractivity contribution in [3.63, 3.8) is 0 Å². The van der Waals surface area contributed by atoms with Crippen LogP contribution in [0.15, 0.2) is 30.3 Å². The third-order valence-corrected chi connectivity index (χ3v) is 2.65. The topological polar surface area (TPSA) is 81.1 Å². The molecule has 1 aliphatic rings. The highest BCUT2D eigenvalue weighted by Gasteiger charge is 2.38. The van der Waals surface area contributed by atoms with Crippen LogP contribution in [0, 0.1) is 0 Å². The minimum atomic E-state index is -1.07. The molecule has 0 radical (unpaired) electrons. The van der Waals surface area contributed by atoms with Crippen LogP contribution in [0.25, 0.3) is 0 Å². The van der Waals surface area contributed by atoms with E-state index in [-0.39, 0.29) is 6.42 Å². The van der Waals surface area contributed by atoms with Crippen LogP contribution in [-0.4, -0.2) is 44.9 Å². The second-order valence-corrected chi connectivity index (χ2v) is 3.84. The van der Waals surface area contributed by atoms with Crippen molar-refractivity contribution in [1.82, 2.24) is 10.1 Å². The molecule has 6 nitrogen and oxygen atoms in total. The van der Waals surface area contributed by atoms with E-state index in [1.807, 2.05) is 6.07 Å². The maximum Gasteiger partial charge on any atom is 0.272 e. The van der Waals surface area contributed by atoms with Crippen LogP contribution < -0.4 is 0 Å². The van der Waals surface area contributed by atoms with Gasteiger partial charge in [-0.3, -0.25) is 20.0 Å². The van der Waals surface area contributed by atoms with Crippen LogP contribution in [-0.2, 0) is 16.0 Å². The summed E-state index contributed by atoms with van der Waals surface area (Å²) in [4.78, 5) is 22.9. The number of benzene rings is 1. The van der Waals surface area contributed by atoms with E-state index in [0.717, 1.165) is 5.56 Å². The van der Waals surface area contributed by atoms with Gasteiger partial charge in [-0.1, -0.05) is 30.3 Å². The molecule has 1 atom stereocenters. The summed E-state index contributed by atoms with van der Waals surface area (Å²) >= 11 is 0. The van der Waals surface area contributed by atoms with Gasteiger partial charge in [0.2, 0.25) is 0 Å². The lowest BCUT2D eigenvalue weighted by Gasteiger charge is -2.33. The Hall–Kier alpha value is -1.92. The summed E-state index contributed by atoms with van der Waals surface area (Å²) in [7, 11) is 0. The molecule has 0 aliphatic carbocycles. The van der Waals surface area contributed by atoms with E-state index >= 15 is 0 Å². The molecule has 2 amide bonds. The Labute approximate surface area is 97.6 Å². The van der Waals surface area contributed by atoms with Gasteiger partial charge in [0.25, 0.3) is 11.8 Å². The lowest BCUT2D eigenvalue weighted by molar-refractivity contribution is -0.217. The highest BCUT2D eigenvalue weighted by Crippen LogP contribution is 2.14. The van der Waals surface area contributed by atoms with Crippen LogP contribution in [0.4, 0.5) is 0 Å². The van der Waals surface area contributed by atoms with Crippen LogP contribution in [0.3, 0.4) is 0 Å². The van der Waals surface area contributed by atoms with Crippen molar-refractivity contribution in [2.45, 2.75) is 12.5 Å². The van der Waals surface area contributed by atoms with E-state index < -0.39 is 24.4 Å². The summed E-state index contributed by atoms with van der Waals surface area (Å²) in [5.41, 5.74) is 0.799. The Morgan fingerprint density at radius 2 is 1.82 bits per heavy atom. The summed E-state index contributed by atoms with van der Waals surface area (Å²) in [6, 6.07) is 7.91. The van der Waals surface area contributed by atoms with Crippen molar-refractivity contribution in [2.75, 3.05) is 6.54 Å². The molecule has 1 saturated heterocycles. The Kier molecular flexibility index (Phi) is 3.08. The van der Waals surface area contributed by atoms with E-state index in [2.05, 4.69) is 0 Å². The SMILES string of the molecule is O=C1C(Cc2ccccc2)N(O)C(=O)CN1O. The smallest absolute Gasteiger partial charge is 0.272 e. The fourth-order valence-corrected chi connectivity index (χ4v) is 1.74. The monoisotopic (exact) mass is 236 g/mol. The molecule has 0 saturated carbocycles. The molecule has 1 aromatic carbocycles. The first-order valence-electron chi connectivity index (χ1n) is 5.14. The lowest BCUT2D eigenvalue weighted by Crippen LogP contribution is -2.58. The Morgan fingerprint density at radius 1 is 1.18 bits per heavy atom. The van der Waals surface area contributed by atoms with Gasteiger partial charge in [-0.15, -0.1) is 0 Å². The van der Waals surface area contributed by atoms with Crippen LogP contribution in [0.5, 0.6) is 0 Å². The first-order chi connectivity index (χ1) is 8.09.